The number of nitrogens with one attached hydrogen (secondary N) is 2. The Balaban J connectivity index is 1.84. The fraction of sp³-hybridized carbons (Fsp3) is 0.263. The molecule has 0 spiro atoms. The predicted octanol–water partition coefficient (Wildman–Crippen LogP) is 3.49. The normalized spacial score (nSPS) is 15.1. The molecule has 0 saturated heterocycles. The van der Waals surface area contributed by atoms with E-state index in [-0.39, 0.29) is 17.3 Å². The number of guanidine groups is 1. The Kier molecular flexibility index (Phi) is 5.15. The number of rotatable bonds is 3. The number of alkyl halides is 3. The Morgan fingerprint density at radius 3 is 2.69 bits per heavy atom. The molecule has 2 aromatic carbocycles. The fourth-order valence-corrected chi connectivity index (χ4v) is 4.05. The number of amides is 1. The van der Waals surface area contributed by atoms with Gasteiger partial charge in [0.15, 0.2) is 0 Å². The minimum atomic E-state index is -4.57. The molecule has 2 heterocycles. The maximum absolute atomic E-state index is 13.4. The standard InChI is InChI=1S/C19H16F3IN4O2/c1-29-16-3-2-11(19(20,21)22)7-14(16)17(28)27(18-25-26-18)15-8-12(23)6-10-9-24-5-4-13(10)15/h2-3,6-8,24H,4-5,9H2,1H3,(H,25,26). The summed E-state index contributed by atoms with van der Waals surface area (Å²) in [4.78, 5) is 14.7. The molecule has 0 radical (unpaired) electrons. The lowest BCUT2D eigenvalue weighted by molar-refractivity contribution is -0.137. The summed E-state index contributed by atoms with van der Waals surface area (Å²) in [5.41, 5.74) is 4.20. The Bertz CT molecular complexity index is 1020. The summed E-state index contributed by atoms with van der Waals surface area (Å²) in [6.45, 7) is 1.41. The highest BCUT2D eigenvalue weighted by Gasteiger charge is 2.36. The molecule has 2 aliphatic rings. The molecule has 6 nitrogen and oxygen atoms in total. The Labute approximate surface area is 178 Å². The first-order valence-corrected chi connectivity index (χ1v) is 9.83. The van der Waals surface area contributed by atoms with E-state index in [9.17, 15) is 18.0 Å². The fourth-order valence-electron chi connectivity index (χ4n) is 3.38. The van der Waals surface area contributed by atoms with E-state index >= 15 is 0 Å². The number of halogens is 4. The second kappa shape index (κ2) is 7.48. The Morgan fingerprint density at radius 2 is 2.03 bits per heavy atom. The number of anilines is 1. The molecule has 4 rings (SSSR count). The summed E-state index contributed by atoms with van der Waals surface area (Å²) in [6, 6.07) is 6.74. The van der Waals surface area contributed by atoms with Crippen LogP contribution in [0.1, 0.15) is 27.0 Å². The van der Waals surface area contributed by atoms with Crippen LogP contribution >= 0.6 is 22.6 Å². The van der Waals surface area contributed by atoms with Crippen LogP contribution in [0.4, 0.5) is 18.9 Å². The van der Waals surface area contributed by atoms with Crippen molar-refractivity contribution in [3.8, 4) is 5.75 Å². The average Bonchev–Trinajstić information content (AvgIpc) is 3.51. The molecule has 152 valence electrons. The molecule has 0 fully saturated rings. The van der Waals surface area contributed by atoms with Gasteiger partial charge >= 0.3 is 6.18 Å². The lowest BCUT2D eigenvalue weighted by atomic mass is 9.98. The van der Waals surface area contributed by atoms with Gasteiger partial charge in [0.2, 0.25) is 5.96 Å². The summed E-state index contributed by atoms with van der Waals surface area (Å²) in [7, 11) is 1.32. The number of nitrogens with zero attached hydrogens (tertiary/aromatic N) is 2. The molecule has 0 saturated carbocycles. The van der Waals surface area contributed by atoms with E-state index in [4.69, 9.17) is 4.74 Å². The minimum Gasteiger partial charge on any atom is -0.496 e. The van der Waals surface area contributed by atoms with Crippen molar-refractivity contribution >= 4 is 40.1 Å². The topological polar surface area (TPSA) is 75.9 Å². The van der Waals surface area contributed by atoms with Gasteiger partial charge in [-0.05, 0) is 77.0 Å². The third kappa shape index (κ3) is 3.90. The Morgan fingerprint density at radius 1 is 1.28 bits per heavy atom. The average molecular weight is 516 g/mol. The number of carbonyl (C=O) groups is 1. The van der Waals surface area contributed by atoms with Crippen molar-refractivity contribution in [2.24, 2.45) is 5.10 Å². The number of hydrogen-bond donors (Lipinski definition) is 2. The summed E-state index contributed by atoms with van der Waals surface area (Å²) in [5, 5.41) is 7.21. The van der Waals surface area contributed by atoms with E-state index in [0.717, 1.165) is 39.4 Å². The summed E-state index contributed by atoms with van der Waals surface area (Å²) < 4.78 is 45.8. The van der Waals surface area contributed by atoms with E-state index in [0.29, 0.717) is 18.7 Å². The van der Waals surface area contributed by atoms with Crippen molar-refractivity contribution in [1.29, 1.82) is 0 Å². The second-order valence-electron chi connectivity index (χ2n) is 6.59. The number of hydrogen-bond acceptors (Lipinski definition) is 5. The number of benzene rings is 2. The second-order valence-corrected chi connectivity index (χ2v) is 7.84. The number of carbonyl (C=O) groups excluding carboxylic acids is 1. The SMILES string of the molecule is COc1ccc(C(F)(F)F)cc1C(=O)N(C1=NN1)c1cc(I)cc2c1CCNC2. The van der Waals surface area contributed by atoms with Crippen LogP contribution in [0.2, 0.25) is 0 Å². The molecule has 2 aliphatic heterocycles. The van der Waals surface area contributed by atoms with Gasteiger partial charge in [0.05, 0.1) is 23.9 Å². The first-order chi connectivity index (χ1) is 13.8. The quantitative estimate of drug-likeness (QED) is 0.613. The van der Waals surface area contributed by atoms with E-state index < -0.39 is 17.6 Å². The molecule has 2 N–H and O–H groups in total. The summed E-state index contributed by atoms with van der Waals surface area (Å²) in [5.74, 6) is -0.285. The lowest BCUT2D eigenvalue weighted by Gasteiger charge is -2.26. The van der Waals surface area contributed by atoms with Crippen molar-refractivity contribution in [3.63, 3.8) is 0 Å². The van der Waals surface area contributed by atoms with Crippen LogP contribution in [0.5, 0.6) is 5.75 Å². The summed E-state index contributed by atoms with van der Waals surface area (Å²) in [6.07, 6.45) is -3.88. The largest absolute Gasteiger partial charge is 0.496 e. The molecule has 0 atom stereocenters. The molecular formula is C19H16F3IN4O2. The van der Waals surface area contributed by atoms with E-state index in [1.807, 2.05) is 12.1 Å². The van der Waals surface area contributed by atoms with Crippen LogP contribution < -0.4 is 20.4 Å². The minimum absolute atomic E-state index is 0.0652. The van der Waals surface area contributed by atoms with Crippen LogP contribution in [0, 0.1) is 3.57 Å². The van der Waals surface area contributed by atoms with Crippen LogP contribution in [0.25, 0.3) is 0 Å². The summed E-state index contributed by atoms with van der Waals surface area (Å²) >= 11 is 2.16. The first-order valence-electron chi connectivity index (χ1n) is 8.75. The van der Waals surface area contributed by atoms with Gasteiger partial charge in [-0.2, -0.15) is 13.2 Å². The van der Waals surface area contributed by atoms with Crippen LogP contribution in [-0.2, 0) is 19.1 Å². The number of hydrazone groups is 1. The molecule has 0 unspecified atom stereocenters. The molecule has 29 heavy (non-hydrogen) atoms. The Hall–Kier alpha value is -2.34. The zero-order valence-electron chi connectivity index (χ0n) is 15.2. The van der Waals surface area contributed by atoms with E-state index in [2.05, 4.69) is 38.4 Å². The molecule has 10 heteroatoms. The smallest absolute Gasteiger partial charge is 0.416 e. The molecule has 0 bridgehead atoms. The maximum Gasteiger partial charge on any atom is 0.416 e. The maximum atomic E-state index is 13.4. The lowest BCUT2D eigenvalue weighted by Crippen LogP contribution is -2.37. The van der Waals surface area contributed by atoms with Crippen molar-refractivity contribution < 1.29 is 22.7 Å². The third-order valence-electron chi connectivity index (χ3n) is 4.78. The monoisotopic (exact) mass is 516 g/mol. The van der Waals surface area contributed by atoms with Gasteiger partial charge in [-0.1, -0.05) is 0 Å². The van der Waals surface area contributed by atoms with Crippen LogP contribution in [0.3, 0.4) is 0 Å². The molecule has 2 aromatic rings. The van der Waals surface area contributed by atoms with Gasteiger partial charge < -0.3 is 10.1 Å². The zero-order chi connectivity index (χ0) is 20.8. The highest BCUT2D eigenvalue weighted by Crippen LogP contribution is 2.36. The third-order valence-corrected chi connectivity index (χ3v) is 5.40. The van der Waals surface area contributed by atoms with Crippen molar-refractivity contribution in [2.45, 2.75) is 19.1 Å². The highest BCUT2D eigenvalue weighted by atomic mass is 127. The molecule has 1 amide bonds. The zero-order valence-corrected chi connectivity index (χ0v) is 17.4. The number of methoxy groups -OCH3 is 1. The van der Waals surface area contributed by atoms with Gasteiger partial charge in [-0.3, -0.25) is 4.79 Å². The molecule has 0 aliphatic carbocycles. The van der Waals surface area contributed by atoms with Crippen LogP contribution in [0.15, 0.2) is 35.4 Å². The highest BCUT2D eigenvalue weighted by molar-refractivity contribution is 14.1. The number of fused-ring (bicyclic) bond motifs is 1. The van der Waals surface area contributed by atoms with Gasteiger partial charge in [0.25, 0.3) is 5.91 Å². The van der Waals surface area contributed by atoms with Crippen molar-refractivity contribution in [1.82, 2.24) is 10.7 Å². The van der Waals surface area contributed by atoms with E-state index in [1.165, 1.54) is 12.0 Å². The van der Waals surface area contributed by atoms with Gasteiger partial charge in [0, 0.05) is 10.1 Å². The van der Waals surface area contributed by atoms with Crippen molar-refractivity contribution in [3.05, 3.63) is 56.2 Å². The molecular weight excluding hydrogens is 500 g/mol. The number of ether oxygens (including phenoxy) is 1. The first kappa shape index (κ1) is 20.0. The van der Waals surface area contributed by atoms with Gasteiger partial charge in [-0.15, -0.1) is 5.10 Å². The predicted molar refractivity (Wildman–Crippen MR) is 110 cm³/mol. The van der Waals surface area contributed by atoms with E-state index in [1.54, 1.807) is 0 Å². The van der Waals surface area contributed by atoms with Crippen LogP contribution in [-0.4, -0.2) is 25.5 Å². The van der Waals surface area contributed by atoms with Gasteiger partial charge in [0.1, 0.15) is 5.75 Å². The van der Waals surface area contributed by atoms with Gasteiger partial charge in [-0.25, -0.2) is 10.3 Å². The molecule has 0 aromatic heterocycles. The van der Waals surface area contributed by atoms with Crippen molar-refractivity contribution in [2.75, 3.05) is 18.6 Å².